The Morgan fingerprint density at radius 3 is 3.05 bits per heavy atom. The van der Waals surface area contributed by atoms with Crippen LogP contribution in [0.15, 0.2) is 18.2 Å². The summed E-state index contributed by atoms with van der Waals surface area (Å²) in [6, 6.07) is 5.55. The summed E-state index contributed by atoms with van der Waals surface area (Å²) in [7, 11) is 0. The lowest BCUT2D eigenvalue weighted by Gasteiger charge is -2.30. The molecular formula is C16H24N2O3. The van der Waals surface area contributed by atoms with Crippen LogP contribution in [0.1, 0.15) is 31.7 Å². The molecule has 0 spiro atoms. The summed E-state index contributed by atoms with van der Waals surface area (Å²) in [6.07, 6.45) is 2.10. The average Bonchev–Trinajstić information content (AvgIpc) is 2.47. The van der Waals surface area contributed by atoms with Crippen molar-refractivity contribution in [3.05, 3.63) is 23.8 Å². The Hall–Kier alpha value is -1.75. The van der Waals surface area contributed by atoms with E-state index in [0.29, 0.717) is 31.1 Å². The van der Waals surface area contributed by atoms with Gasteiger partial charge in [-0.3, -0.25) is 0 Å². The number of ether oxygens (including phenoxy) is 1. The highest BCUT2D eigenvalue weighted by Crippen LogP contribution is 2.26. The molecule has 2 rings (SSSR count). The quantitative estimate of drug-likeness (QED) is 0.897. The molecule has 1 aromatic carbocycles. The maximum absolute atomic E-state index is 12.3. The molecule has 2 amide bonds. The van der Waals surface area contributed by atoms with E-state index in [9.17, 15) is 9.90 Å². The van der Waals surface area contributed by atoms with E-state index in [1.54, 1.807) is 4.90 Å². The molecule has 21 heavy (non-hydrogen) atoms. The summed E-state index contributed by atoms with van der Waals surface area (Å²) in [5, 5.41) is 12.5. The van der Waals surface area contributed by atoms with Crippen LogP contribution in [0, 0.1) is 6.92 Å². The zero-order chi connectivity index (χ0) is 15.2. The van der Waals surface area contributed by atoms with Gasteiger partial charge in [0.25, 0.3) is 0 Å². The summed E-state index contributed by atoms with van der Waals surface area (Å²) in [4.78, 5) is 13.9. The van der Waals surface area contributed by atoms with Crippen molar-refractivity contribution in [2.45, 2.75) is 39.2 Å². The van der Waals surface area contributed by atoms with Crippen LogP contribution in [-0.2, 0) is 0 Å². The van der Waals surface area contributed by atoms with E-state index in [2.05, 4.69) is 5.32 Å². The minimum atomic E-state index is -0.418. The average molecular weight is 292 g/mol. The van der Waals surface area contributed by atoms with Crippen LogP contribution >= 0.6 is 0 Å². The number of rotatable bonds is 4. The number of urea groups is 1. The Labute approximate surface area is 125 Å². The Morgan fingerprint density at radius 1 is 1.52 bits per heavy atom. The lowest BCUT2D eigenvalue weighted by Crippen LogP contribution is -2.44. The molecule has 0 bridgehead atoms. The second-order valence-corrected chi connectivity index (χ2v) is 5.52. The third kappa shape index (κ3) is 4.36. The molecule has 0 radical (unpaired) electrons. The van der Waals surface area contributed by atoms with E-state index in [4.69, 9.17) is 4.74 Å². The standard InChI is InChI=1S/C16H24N2O3/c1-3-9-21-15-10-12(2)6-7-14(15)17-16(20)18-8-4-5-13(19)11-18/h6-7,10,13,19H,3-5,8-9,11H2,1-2H3,(H,17,20)/t13-/m1/s1. The van der Waals surface area contributed by atoms with Crippen molar-refractivity contribution in [2.24, 2.45) is 0 Å². The molecule has 1 atom stereocenters. The highest BCUT2D eigenvalue weighted by Gasteiger charge is 2.22. The fourth-order valence-corrected chi connectivity index (χ4v) is 2.40. The van der Waals surface area contributed by atoms with Crippen molar-refractivity contribution in [3.63, 3.8) is 0 Å². The van der Waals surface area contributed by atoms with Gasteiger partial charge >= 0.3 is 6.03 Å². The minimum Gasteiger partial charge on any atom is -0.491 e. The van der Waals surface area contributed by atoms with Crippen LogP contribution in [0.3, 0.4) is 0 Å². The molecule has 1 saturated heterocycles. The van der Waals surface area contributed by atoms with Crippen LogP contribution in [0.2, 0.25) is 0 Å². The molecule has 1 aliphatic rings. The van der Waals surface area contributed by atoms with Gasteiger partial charge < -0.3 is 20.1 Å². The molecule has 0 aliphatic carbocycles. The predicted octanol–water partition coefficient (Wildman–Crippen LogP) is 2.77. The third-order valence-electron chi connectivity index (χ3n) is 3.52. The van der Waals surface area contributed by atoms with Crippen molar-refractivity contribution >= 4 is 11.7 Å². The molecule has 5 nitrogen and oxygen atoms in total. The second-order valence-electron chi connectivity index (χ2n) is 5.52. The van der Waals surface area contributed by atoms with E-state index in [1.807, 2.05) is 32.0 Å². The number of hydrogen-bond acceptors (Lipinski definition) is 3. The smallest absolute Gasteiger partial charge is 0.322 e. The third-order valence-corrected chi connectivity index (χ3v) is 3.52. The minimum absolute atomic E-state index is 0.182. The number of amides is 2. The van der Waals surface area contributed by atoms with Crippen molar-refractivity contribution < 1.29 is 14.6 Å². The highest BCUT2D eigenvalue weighted by atomic mass is 16.5. The van der Waals surface area contributed by atoms with Crippen LogP contribution in [0.4, 0.5) is 10.5 Å². The molecule has 0 unspecified atom stereocenters. The Bertz CT molecular complexity index is 490. The number of aliphatic hydroxyl groups excluding tert-OH is 1. The maximum atomic E-state index is 12.3. The highest BCUT2D eigenvalue weighted by molar-refractivity contribution is 5.91. The fraction of sp³-hybridized carbons (Fsp3) is 0.562. The number of nitrogens with one attached hydrogen (secondary N) is 1. The first-order chi connectivity index (χ1) is 10.1. The number of aryl methyl sites for hydroxylation is 1. The molecule has 1 aromatic rings. The molecule has 1 aliphatic heterocycles. The molecule has 0 aromatic heterocycles. The van der Waals surface area contributed by atoms with Crippen LogP contribution in [0.5, 0.6) is 5.75 Å². The lowest BCUT2D eigenvalue weighted by molar-refractivity contribution is 0.0883. The van der Waals surface area contributed by atoms with E-state index in [1.165, 1.54) is 0 Å². The first kappa shape index (κ1) is 15.6. The molecule has 2 N–H and O–H groups in total. The van der Waals surface area contributed by atoms with E-state index in [0.717, 1.165) is 24.8 Å². The van der Waals surface area contributed by atoms with Crippen molar-refractivity contribution in [3.8, 4) is 5.75 Å². The van der Waals surface area contributed by atoms with Crippen LogP contribution < -0.4 is 10.1 Å². The number of piperidine rings is 1. The number of hydrogen-bond donors (Lipinski definition) is 2. The van der Waals surface area contributed by atoms with Gasteiger partial charge in [0.05, 0.1) is 18.4 Å². The summed E-state index contributed by atoms with van der Waals surface area (Å²) < 4.78 is 5.69. The Kier molecular flexibility index (Phi) is 5.44. The first-order valence-electron chi connectivity index (χ1n) is 7.57. The van der Waals surface area contributed by atoms with Crippen molar-refractivity contribution in [1.29, 1.82) is 0 Å². The van der Waals surface area contributed by atoms with Gasteiger partial charge in [0.2, 0.25) is 0 Å². The van der Waals surface area contributed by atoms with Gasteiger partial charge in [0.15, 0.2) is 0 Å². The number of likely N-dealkylation sites (tertiary alicyclic amines) is 1. The number of aliphatic hydroxyl groups is 1. The topological polar surface area (TPSA) is 61.8 Å². The Morgan fingerprint density at radius 2 is 2.33 bits per heavy atom. The van der Waals surface area contributed by atoms with E-state index >= 15 is 0 Å². The van der Waals surface area contributed by atoms with Gasteiger partial charge in [-0.25, -0.2) is 4.79 Å². The predicted molar refractivity (Wildman–Crippen MR) is 82.8 cm³/mol. The monoisotopic (exact) mass is 292 g/mol. The molecule has 116 valence electrons. The van der Waals surface area contributed by atoms with E-state index in [-0.39, 0.29) is 6.03 Å². The molecule has 0 saturated carbocycles. The molecular weight excluding hydrogens is 268 g/mol. The number of benzene rings is 1. The van der Waals surface area contributed by atoms with Gasteiger partial charge in [-0.2, -0.15) is 0 Å². The number of anilines is 1. The zero-order valence-electron chi connectivity index (χ0n) is 12.8. The summed E-state index contributed by atoms with van der Waals surface area (Å²) in [5.41, 5.74) is 1.77. The Balaban J connectivity index is 2.05. The van der Waals surface area contributed by atoms with Gasteiger partial charge in [-0.05, 0) is 43.9 Å². The largest absolute Gasteiger partial charge is 0.491 e. The normalized spacial score (nSPS) is 18.4. The molecule has 1 heterocycles. The summed E-state index contributed by atoms with van der Waals surface area (Å²) in [6.45, 7) is 5.73. The summed E-state index contributed by atoms with van der Waals surface area (Å²) >= 11 is 0. The summed E-state index contributed by atoms with van der Waals surface area (Å²) in [5.74, 6) is 0.697. The molecule has 1 fully saturated rings. The lowest BCUT2D eigenvalue weighted by atomic mass is 10.1. The number of nitrogens with zero attached hydrogens (tertiary/aromatic N) is 1. The first-order valence-corrected chi connectivity index (χ1v) is 7.57. The van der Waals surface area contributed by atoms with E-state index < -0.39 is 6.10 Å². The number of carbonyl (C=O) groups excluding carboxylic acids is 1. The number of carbonyl (C=O) groups is 1. The zero-order valence-corrected chi connectivity index (χ0v) is 12.8. The van der Waals surface area contributed by atoms with Crippen molar-refractivity contribution in [1.82, 2.24) is 4.90 Å². The fourth-order valence-electron chi connectivity index (χ4n) is 2.40. The van der Waals surface area contributed by atoms with Gasteiger partial charge in [-0.1, -0.05) is 13.0 Å². The molecule has 5 heteroatoms. The second kappa shape index (κ2) is 7.31. The SMILES string of the molecule is CCCOc1cc(C)ccc1NC(=O)N1CCC[C@@H](O)C1. The maximum Gasteiger partial charge on any atom is 0.322 e. The van der Waals surface area contributed by atoms with Gasteiger partial charge in [0.1, 0.15) is 5.75 Å². The van der Waals surface area contributed by atoms with Gasteiger partial charge in [-0.15, -0.1) is 0 Å². The van der Waals surface area contributed by atoms with Crippen LogP contribution in [0.25, 0.3) is 0 Å². The van der Waals surface area contributed by atoms with Gasteiger partial charge in [0, 0.05) is 13.1 Å². The van der Waals surface area contributed by atoms with Crippen LogP contribution in [-0.4, -0.2) is 41.8 Å². The number of β-amino-alcohol motifs (C(OH)–C–C–N with tert-alkyl or cyclic N) is 1. The van der Waals surface area contributed by atoms with Crippen molar-refractivity contribution in [2.75, 3.05) is 25.0 Å².